The summed E-state index contributed by atoms with van der Waals surface area (Å²) in [7, 11) is 0. The lowest BCUT2D eigenvalue weighted by Gasteiger charge is -2.19. The third-order valence-corrected chi connectivity index (χ3v) is 1.88. The highest BCUT2D eigenvalue weighted by Crippen LogP contribution is 2.28. The fraction of sp³-hybridized carbons (Fsp3) is 0.556. The third-order valence-electron chi connectivity index (χ3n) is 1.88. The number of oxime groups is 1. The maximum absolute atomic E-state index is 12.3. The zero-order valence-electron chi connectivity index (χ0n) is 9.08. The van der Waals surface area contributed by atoms with Gasteiger partial charge in [0.25, 0.3) is 0 Å². The van der Waals surface area contributed by atoms with Crippen LogP contribution in [0, 0.1) is 5.41 Å². The molecule has 0 aliphatic carbocycles. The van der Waals surface area contributed by atoms with Crippen LogP contribution in [0.15, 0.2) is 17.7 Å². The second kappa shape index (κ2) is 3.80. The summed E-state index contributed by atoms with van der Waals surface area (Å²) in [5.41, 5.74) is -1.60. The van der Waals surface area contributed by atoms with E-state index in [1.807, 2.05) is 0 Å². The van der Waals surface area contributed by atoms with E-state index in [1.54, 1.807) is 20.8 Å². The van der Waals surface area contributed by atoms with Gasteiger partial charge in [0, 0.05) is 11.6 Å². The number of rotatable bonds is 0. The molecular weight excluding hydrogens is 223 g/mol. The Morgan fingerprint density at radius 1 is 1.38 bits per heavy atom. The average molecular weight is 235 g/mol. The molecule has 0 saturated heterocycles. The van der Waals surface area contributed by atoms with Gasteiger partial charge < -0.3 is 5.21 Å². The molecule has 1 heterocycles. The van der Waals surface area contributed by atoms with Gasteiger partial charge >= 0.3 is 6.18 Å². The van der Waals surface area contributed by atoms with Crippen LogP contribution in [0.2, 0.25) is 0 Å². The van der Waals surface area contributed by atoms with E-state index in [2.05, 4.69) is 10.1 Å². The second-order valence-corrected chi connectivity index (χ2v) is 4.34. The minimum atomic E-state index is -4.50. The summed E-state index contributed by atoms with van der Waals surface area (Å²) in [6.45, 7) is 5.15. The lowest BCUT2D eigenvalue weighted by Crippen LogP contribution is -2.27. The number of hydrogen-bond acceptors (Lipinski definition) is 3. The zero-order chi connectivity index (χ0) is 12.6. The molecule has 0 unspecified atom stereocenters. The first-order chi connectivity index (χ1) is 7.16. The van der Waals surface area contributed by atoms with Gasteiger partial charge in [0.2, 0.25) is 0 Å². The number of hydrogen-bond donors (Lipinski definition) is 1. The molecule has 0 atom stereocenters. The van der Waals surface area contributed by atoms with E-state index in [4.69, 9.17) is 5.21 Å². The van der Waals surface area contributed by atoms with E-state index in [0.29, 0.717) is 0 Å². The van der Waals surface area contributed by atoms with Crippen molar-refractivity contribution < 1.29 is 18.4 Å². The highest BCUT2D eigenvalue weighted by Gasteiger charge is 2.34. The smallest absolute Gasteiger partial charge is 0.409 e. The minimum absolute atomic E-state index is 0.0931. The van der Waals surface area contributed by atoms with E-state index >= 15 is 0 Å². The van der Waals surface area contributed by atoms with Crippen LogP contribution in [0.25, 0.3) is 0 Å². The molecule has 1 rings (SSSR count). The van der Waals surface area contributed by atoms with Crippen molar-refractivity contribution in [3.05, 3.63) is 18.2 Å². The molecule has 0 bridgehead atoms. The van der Waals surface area contributed by atoms with Crippen molar-refractivity contribution in [3.63, 3.8) is 0 Å². The molecule has 90 valence electrons. The minimum Gasteiger partial charge on any atom is -0.409 e. The maximum atomic E-state index is 12.3. The first-order valence-corrected chi connectivity index (χ1v) is 4.50. The summed E-state index contributed by atoms with van der Waals surface area (Å²) >= 11 is 0. The summed E-state index contributed by atoms with van der Waals surface area (Å²) in [6.07, 6.45) is -2.73. The number of imidazole rings is 1. The van der Waals surface area contributed by atoms with Crippen LogP contribution in [-0.2, 0) is 6.18 Å². The van der Waals surface area contributed by atoms with Crippen LogP contribution >= 0.6 is 0 Å². The third kappa shape index (κ3) is 2.53. The van der Waals surface area contributed by atoms with E-state index in [1.165, 1.54) is 0 Å². The summed E-state index contributed by atoms with van der Waals surface area (Å²) in [6, 6.07) is 0. The summed E-state index contributed by atoms with van der Waals surface area (Å²) < 4.78 is 37.9. The van der Waals surface area contributed by atoms with E-state index < -0.39 is 17.3 Å². The van der Waals surface area contributed by atoms with Gasteiger partial charge in [-0.2, -0.15) is 13.2 Å². The quantitative estimate of drug-likeness (QED) is 0.325. The van der Waals surface area contributed by atoms with Gasteiger partial charge in [-0.05, 0) is 0 Å². The van der Waals surface area contributed by atoms with Crippen molar-refractivity contribution in [2.45, 2.75) is 26.9 Å². The summed E-state index contributed by atoms with van der Waals surface area (Å²) in [5.74, 6) is 0.0931. The van der Waals surface area contributed by atoms with Crippen molar-refractivity contribution in [1.82, 2.24) is 9.55 Å². The normalized spacial score (nSPS) is 14.2. The van der Waals surface area contributed by atoms with Crippen molar-refractivity contribution in [2.75, 3.05) is 0 Å². The molecule has 0 aromatic carbocycles. The van der Waals surface area contributed by atoms with Gasteiger partial charge in [-0.25, -0.2) is 4.98 Å². The van der Waals surface area contributed by atoms with E-state index in [-0.39, 0.29) is 5.84 Å². The molecule has 0 amide bonds. The van der Waals surface area contributed by atoms with Gasteiger partial charge in [-0.3, -0.25) is 4.57 Å². The number of aromatic nitrogens is 2. The monoisotopic (exact) mass is 235 g/mol. The number of nitrogens with zero attached hydrogens (tertiary/aromatic N) is 3. The molecule has 7 heteroatoms. The molecule has 0 aliphatic rings. The summed E-state index contributed by atoms with van der Waals surface area (Å²) in [5, 5.41) is 11.8. The lowest BCUT2D eigenvalue weighted by atomic mass is 9.95. The largest absolute Gasteiger partial charge is 0.434 e. The van der Waals surface area contributed by atoms with Crippen LogP contribution in [-0.4, -0.2) is 20.6 Å². The van der Waals surface area contributed by atoms with Crippen molar-refractivity contribution in [1.29, 1.82) is 0 Å². The molecule has 0 fully saturated rings. The van der Waals surface area contributed by atoms with E-state index in [9.17, 15) is 13.2 Å². The standard InChI is InChI=1S/C9H12F3N3O/c1-8(2,3)7(14-16)15-4-6(13-5-15)9(10,11)12/h4-5,16H,1-3H3. The molecular formula is C9H12F3N3O. The fourth-order valence-electron chi connectivity index (χ4n) is 1.17. The molecule has 0 radical (unpaired) electrons. The number of halogens is 3. The molecule has 16 heavy (non-hydrogen) atoms. The first kappa shape index (κ1) is 12.5. The van der Waals surface area contributed by atoms with Gasteiger partial charge in [-0.15, -0.1) is 0 Å². The Kier molecular flexibility index (Phi) is 2.98. The number of alkyl halides is 3. The Balaban J connectivity index is 3.12. The van der Waals surface area contributed by atoms with Gasteiger partial charge in [-0.1, -0.05) is 25.9 Å². The molecule has 1 aromatic rings. The van der Waals surface area contributed by atoms with Crippen LogP contribution < -0.4 is 0 Å². The Labute approximate surface area is 90.4 Å². The van der Waals surface area contributed by atoms with Gasteiger partial charge in [0.15, 0.2) is 11.5 Å². The summed E-state index contributed by atoms with van der Waals surface area (Å²) in [4.78, 5) is 3.22. The van der Waals surface area contributed by atoms with E-state index in [0.717, 1.165) is 17.1 Å². The van der Waals surface area contributed by atoms with Crippen molar-refractivity contribution >= 4 is 5.84 Å². The Morgan fingerprint density at radius 3 is 2.25 bits per heavy atom. The van der Waals surface area contributed by atoms with Crippen molar-refractivity contribution in [3.8, 4) is 0 Å². The molecule has 1 aromatic heterocycles. The molecule has 0 spiro atoms. The Bertz CT molecular complexity index is 401. The molecule has 0 saturated carbocycles. The molecule has 4 nitrogen and oxygen atoms in total. The van der Waals surface area contributed by atoms with Crippen molar-refractivity contribution in [2.24, 2.45) is 10.6 Å². The first-order valence-electron chi connectivity index (χ1n) is 4.50. The SMILES string of the molecule is CC(C)(C)C(=NO)n1cnc(C(F)(F)F)c1. The fourth-order valence-corrected chi connectivity index (χ4v) is 1.17. The zero-order valence-corrected chi connectivity index (χ0v) is 9.08. The Hall–Kier alpha value is -1.53. The van der Waals surface area contributed by atoms with Crippen LogP contribution in [0.1, 0.15) is 26.5 Å². The molecule has 1 N–H and O–H groups in total. The highest BCUT2D eigenvalue weighted by atomic mass is 19.4. The average Bonchev–Trinajstić information content (AvgIpc) is 2.50. The van der Waals surface area contributed by atoms with Gasteiger partial charge in [0.1, 0.15) is 6.33 Å². The topological polar surface area (TPSA) is 50.4 Å². The van der Waals surface area contributed by atoms with Crippen LogP contribution in [0.4, 0.5) is 13.2 Å². The second-order valence-electron chi connectivity index (χ2n) is 4.34. The van der Waals surface area contributed by atoms with Crippen LogP contribution in [0.3, 0.4) is 0 Å². The maximum Gasteiger partial charge on any atom is 0.434 e. The predicted molar refractivity (Wildman–Crippen MR) is 51.3 cm³/mol. The molecule has 0 aliphatic heterocycles. The Morgan fingerprint density at radius 2 is 1.94 bits per heavy atom. The van der Waals surface area contributed by atoms with Crippen LogP contribution in [0.5, 0.6) is 0 Å². The van der Waals surface area contributed by atoms with Gasteiger partial charge in [0.05, 0.1) is 0 Å². The lowest BCUT2D eigenvalue weighted by molar-refractivity contribution is -0.140. The highest BCUT2D eigenvalue weighted by molar-refractivity contribution is 5.88. The predicted octanol–water partition coefficient (Wildman–Crippen LogP) is 2.58.